The maximum absolute atomic E-state index is 6.25. The third-order valence-electron chi connectivity index (χ3n) is 3.13. The second-order valence-electron chi connectivity index (χ2n) is 4.55. The van der Waals surface area contributed by atoms with Crippen molar-refractivity contribution in [3.63, 3.8) is 0 Å². The van der Waals surface area contributed by atoms with Crippen molar-refractivity contribution in [2.45, 2.75) is 25.0 Å². The van der Waals surface area contributed by atoms with Crippen LogP contribution in [0, 0.1) is 6.92 Å². The van der Waals surface area contributed by atoms with Crippen molar-refractivity contribution in [2.75, 3.05) is 0 Å². The lowest BCUT2D eigenvalue weighted by atomic mass is 10.1. The molecule has 0 aliphatic carbocycles. The van der Waals surface area contributed by atoms with Crippen LogP contribution in [0.4, 0.5) is 0 Å². The summed E-state index contributed by atoms with van der Waals surface area (Å²) in [5.74, 6) is 1.94. The minimum absolute atomic E-state index is 0.538. The van der Waals surface area contributed by atoms with Crippen molar-refractivity contribution in [1.29, 1.82) is 0 Å². The van der Waals surface area contributed by atoms with E-state index >= 15 is 0 Å². The van der Waals surface area contributed by atoms with Gasteiger partial charge in [0.05, 0.1) is 0 Å². The molecule has 2 aromatic rings. The van der Waals surface area contributed by atoms with Crippen molar-refractivity contribution >= 4 is 23.4 Å². The molecular weight excluding hydrogens is 274 g/mol. The normalized spacial score (nSPS) is 10.7. The predicted molar refractivity (Wildman–Crippen MR) is 85.5 cm³/mol. The Hall–Kier alpha value is -0.960. The average Bonchev–Trinajstić information content (AvgIpc) is 2.42. The van der Waals surface area contributed by atoms with Crippen molar-refractivity contribution in [3.05, 3.63) is 69.7 Å². The molecule has 0 aliphatic rings. The number of hydrogen-bond acceptors (Lipinski definition) is 2. The number of hydrogen-bond donors (Lipinski definition) is 1. The lowest BCUT2D eigenvalue weighted by molar-refractivity contribution is 1.07. The van der Waals surface area contributed by atoms with Gasteiger partial charge in [-0.3, -0.25) is 0 Å². The highest BCUT2D eigenvalue weighted by Crippen LogP contribution is 2.25. The Bertz CT molecular complexity index is 554. The quantitative estimate of drug-likeness (QED) is 0.875. The van der Waals surface area contributed by atoms with E-state index in [1.165, 1.54) is 16.7 Å². The van der Waals surface area contributed by atoms with Gasteiger partial charge in [-0.05, 0) is 35.2 Å². The Labute approximate surface area is 124 Å². The smallest absolute Gasteiger partial charge is 0.0449 e. The molecule has 2 aromatic carbocycles. The molecule has 0 unspecified atom stereocenters. The van der Waals surface area contributed by atoms with Gasteiger partial charge in [-0.15, -0.1) is 0 Å². The highest BCUT2D eigenvalue weighted by molar-refractivity contribution is 7.97. The molecule has 0 saturated carbocycles. The number of aryl methyl sites for hydroxylation is 1. The highest BCUT2D eigenvalue weighted by atomic mass is 35.5. The molecule has 1 nitrogen and oxygen atoms in total. The van der Waals surface area contributed by atoms with Crippen LogP contribution in [-0.2, 0) is 18.1 Å². The number of thioether (sulfide) groups is 1. The standard InChI is InChI=1S/C16H18ClNS/c1-12-4-2-3-5-14(12)10-19-11-15-7-6-13(9-18)8-16(15)17/h2-8H,9-11,18H2,1H3. The van der Waals surface area contributed by atoms with Gasteiger partial charge in [0.2, 0.25) is 0 Å². The Kier molecular flexibility index (Phi) is 5.32. The molecule has 0 aromatic heterocycles. The molecule has 0 spiro atoms. The van der Waals surface area contributed by atoms with E-state index in [0.29, 0.717) is 6.54 Å². The summed E-state index contributed by atoms with van der Waals surface area (Å²) >= 11 is 8.14. The molecule has 0 saturated heterocycles. The first-order valence-electron chi connectivity index (χ1n) is 6.30. The van der Waals surface area contributed by atoms with Crippen molar-refractivity contribution in [2.24, 2.45) is 5.73 Å². The van der Waals surface area contributed by atoms with Crippen molar-refractivity contribution in [3.8, 4) is 0 Å². The van der Waals surface area contributed by atoms with E-state index in [0.717, 1.165) is 22.1 Å². The predicted octanol–water partition coefficient (Wildman–Crippen LogP) is 4.54. The lowest BCUT2D eigenvalue weighted by Crippen LogP contribution is -1.96. The molecule has 0 aliphatic heterocycles. The van der Waals surface area contributed by atoms with Crippen molar-refractivity contribution in [1.82, 2.24) is 0 Å². The molecule has 0 fully saturated rings. The fourth-order valence-corrected chi connectivity index (χ4v) is 3.34. The van der Waals surface area contributed by atoms with Crippen LogP contribution in [0.2, 0.25) is 5.02 Å². The largest absolute Gasteiger partial charge is 0.326 e. The van der Waals surface area contributed by atoms with E-state index in [1.54, 1.807) is 0 Å². The van der Waals surface area contributed by atoms with E-state index < -0.39 is 0 Å². The van der Waals surface area contributed by atoms with Crippen molar-refractivity contribution < 1.29 is 0 Å². The van der Waals surface area contributed by atoms with Gasteiger partial charge in [0, 0.05) is 23.1 Å². The summed E-state index contributed by atoms with van der Waals surface area (Å²) in [6.45, 7) is 2.69. The number of nitrogens with two attached hydrogens (primary N) is 1. The minimum atomic E-state index is 0.538. The summed E-state index contributed by atoms with van der Waals surface area (Å²) < 4.78 is 0. The molecule has 0 radical (unpaired) electrons. The van der Waals surface area contributed by atoms with E-state index in [4.69, 9.17) is 17.3 Å². The van der Waals surface area contributed by atoms with Gasteiger partial charge < -0.3 is 5.73 Å². The number of rotatable bonds is 5. The SMILES string of the molecule is Cc1ccccc1CSCc1ccc(CN)cc1Cl. The molecule has 0 bridgehead atoms. The summed E-state index contributed by atoms with van der Waals surface area (Å²) in [6.07, 6.45) is 0. The second kappa shape index (κ2) is 6.99. The lowest BCUT2D eigenvalue weighted by Gasteiger charge is -2.08. The first-order chi connectivity index (χ1) is 9.20. The van der Waals surface area contributed by atoms with Gasteiger partial charge in [0.25, 0.3) is 0 Å². The Balaban J connectivity index is 1.94. The first-order valence-corrected chi connectivity index (χ1v) is 7.83. The number of halogens is 1. The summed E-state index contributed by atoms with van der Waals surface area (Å²) in [4.78, 5) is 0. The zero-order chi connectivity index (χ0) is 13.7. The van der Waals surface area contributed by atoms with Crippen LogP contribution in [0.25, 0.3) is 0 Å². The molecule has 19 heavy (non-hydrogen) atoms. The van der Waals surface area contributed by atoms with Gasteiger partial charge in [0.15, 0.2) is 0 Å². The van der Waals surface area contributed by atoms with Crippen LogP contribution < -0.4 is 5.73 Å². The van der Waals surface area contributed by atoms with Gasteiger partial charge in [-0.1, -0.05) is 48.0 Å². The van der Waals surface area contributed by atoms with Gasteiger partial charge in [0.1, 0.15) is 0 Å². The third-order valence-corrected chi connectivity index (χ3v) is 4.51. The van der Waals surface area contributed by atoms with Gasteiger partial charge in [-0.2, -0.15) is 11.8 Å². The topological polar surface area (TPSA) is 26.0 Å². The first kappa shape index (κ1) is 14.4. The molecule has 0 amide bonds. The fourth-order valence-electron chi connectivity index (χ4n) is 1.88. The molecule has 0 atom stereocenters. The molecule has 3 heteroatoms. The number of benzene rings is 2. The Morgan fingerprint density at radius 3 is 2.47 bits per heavy atom. The molecular formula is C16H18ClNS. The zero-order valence-corrected chi connectivity index (χ0v) is 12.6. The van der Waals surface area contributed by atoms with Crippen LogP contribution in [-0.4, -0.2) is 0 Å². The van der Waals surface area contributed by atoms with E-state index in [9.17, 15) is 0 Å². The Morgan fingerprint density at radius 2 is 1.79 bits per heavy atom. The molecule has 0 heterocycles. The van der Waals surface area contributed by atoms with Crippen LogP contribution in [0.3, 0.4) is 0 Å². The molecule has 2 rings (SSSR count). The monoisotopic (exact) mass is 291 g/mol. The maximum Gasteiger partial charge on any atom is 0.0449 e. The molecule has 100 valence electrons. The van der Waals surface area contributed by atoms with E-state index in [-0.39, 0.29) is 0 Å². The van der Waals surface area contributed by atoms with E-state index in [2.05, 4.69) is 43.3 Å². The van der Waals surface area contributed by atoms with Crippen LogP contribution in [0.15, 0.2) is 42.5 Å². The maximum atomic E-state index is 6.25. The second-order valence-corrected chi connectivity index (χ2v) is 5.94. The minimum Gasteiger partial charge on any atom is -0.326 e. The summed E-state index contributed by atoms with van der Waals surface area (Å²) in [5, 5.41) is 0.820. The van der Waals surface area contributed by atoms with Crippen LogP contribution >= 0.6 is 23.4 Å². The Morgan fingerprint density at radius 1 is 1.05 bits per heavy atom. The van der Waals surface area contributed by atoms with Crippen LogP contribution in [0.5, 0.6) is 0 Å². The summed E-state index contributed by atoms with van der Waals surface area (Å²) in [7, 11) is 0. The highest BCUT2D eigenvalue weighted by Gasteiger charge is 2.03. The zero-order valence-electron chi connectivity index (χ0n) is 11.0. The summed E-state index contributed by atoms with van der Waals surface area (Å²) in [6, 6.07) is 14.6. The average molecular weight is 292 g/mol. The van der Waals surface area contributed by atoms with E-state index in [1.807, 2.05) is 17.8 Å². The van der Waals surface area contributed by atoms with Gasteiger partial charge in [-0.25, -0.2) is 0 Å². The third kappa shape index (κ3) is 4.00. The summed E-state index contributed by atoms with van der Waals surface area (Å²) in [5.41, 5.74) is 10.6. The van der Waals surface area contributed by atoms with Gasteiger partial charge >= 0.3 is 0 Å². The molecule has 2 N–H and O–H groups in total. The van der Waals surface area contributed by atoms with Crippen LogP contribution in [0.1, 0.15) is 22.3 Å². The fraction of sp³-hybridized carbons (Fsp3) is 0.250.